The second kappa shape index (κ2) is 5.87. The second-order valence-electron chi connectivity index (χ2n) is 4.91. The maximum Gasteiger partial charge on any atom is 0.262 e. The normalized spacial score (nSPS) is 11.6. The fourth-order valence-corrected chi connectivity index (χ4v) is 3.70. The van der Waals surface area contributed by atoms with Crippen LogP contribution in [0.15, 0.2) is 23.1 Å². The Morgan fingerprint density at radius 3 is 2.57 bits per heavy atom. The molecule has 0 saturated heterocycles. The van der Waals surface area contributed by atoms with Crippen molar-refractivity contribution < 1.29 is 8.42 Å². The fourth-order valence-electron chi connectivity index (χ4n) is 2.16. The van der Waals surface area contributed by atoms with Crippen LogP contribution in [-0.4, -0.2) is 18.6 Å². The molecule has 0 bridgehead atoms. The molecule has 4 N–H and O–H groups in total. The number of nitrogens with zero attached hydrogens (tertiary/aromatic N) is 1. The van der Waals surface area contributed by atoms with Gasteiger partial charge in [0.2, 0.25) is 0 Å². The van der Waals surface area contributed by atoms with Crippen LogP contribution in [0.5, 0.6) is 0 Å². The van der Waals surface area contributed by atoms with Crippen molar-refractivity contribution in [2.24, 2.45) is 5.73 Å². The molecule has 0 fully saturated rings. The molecule has 1 aromatic carbocycles. The Balaban J connectivity index is 2.49. The first-order chi connectivity index (χ1) is 9.89. The molecule has 21 heavy (non-hydrogen) atoms. The van der Waals surface area contributed by atoms with Gasteiger partial charge in [0.05, 0.1) is 22.0 Å². The number of aromatic amines is 1. The van der Waals surface area contributed by atoms with E-state index in [1.807, 2.05) is 19.1 Å². The third-order valence-corrected chi connectivity index (χ3v) is 4.83. The van der Waals surface area contributed by atoms with E-state index in [-0.39, 0.29) is 4.90 Å². The third-order valence-electron chi connectivity index (χ3n) is 3.40. The van der Waals surface area contributed by atoms with E-state index >= 15 is 0 Å². The Hall–Kier alpha value is -1.86. The van der Waals surface area contributed by atoms with E-state index in [0.29, 0.717) is 30.0 Å². The predicted molar refractivity (Wildman–Crippen MR) is 82.6 cm³/mol. The van der Waals surface area contributed by atoms with Gasteiger partial charge in [-0.05, 0) is 37.5 Å². The smallest absolute Gasteiger partial charge is 0.262 e. The minimum absolute atomic E-state index is 0.271. The lowest BCUT2D eigenvalue weighted by atomic mass is 10.1. The van der Waals surface area contributed by atoms with E-state index in [2.05, 4.69) is 14.9 Å². The Bertz CT molecular complexity index is 731. The molecule has 0 unspecified atom stereocenters. The Kier molecular flexibility index (Phi) is 4.34. The minimum atomic E-state index is -3.67. The van der Waals surface area contributed by atoms with Crippen LogP contribution in [0.4, 0.5) is 5.69 Å². The number of benzene rings is 1. The largest absolute Gasteiger partial charge is 0.326 e. The average molecular weight is 308 g/mol. The summed E-state index contributed by atoms with van der Waals surface area (Å²) in [6.45, 7) is 5.74. The number of nitrogens with one attached hydrogen (secondary N) is 2. The van der Waals surface area contributed by atoms with Gasteiger partial charge < -0.3 is 5.73 Å². The molecule has 7 heteroatoms. The van der Waals surface area contributed by atoms with Crippen molar-refractivity contribution >= 4 is 15.7 Å². The quantitative estimate of drug-likeness (QED) is 0.784. The average Bonchev–Trinajstić information content (AvgIpc) is 2.78. The summed E-state index contributed by atoms with van der Waals surface area (Å²) in [6.07, 6.45) is 0.629. The van der Waals surface area contributed by atoms with E-state index in [9.17, 15) is 8.42 Å². The first kappa shape index (κ1) is 15.5. The van der Waals surface area contributed by atoms with Crippen LogP contribution in [-0.2, 0) is 23.0 Å². The zero-order chi connectivity index (χ0) is 15.6. The molecule has 114 valence electrons. The zero-order valence-corrected chi connectivity index (χ0v) is 13.2. The highest BCUT2D eigenvalue weighted by molar-refractivity contribution is 7.92. The number of rotatable bonds is 5. The van der Waals surface area contributed by atoms with Gasteiger partial charge in [-0.25, -0.2) is 8.42 Å². The fraction of sp³-hybridized carbons (Fsp3) is 0.357. The highest BCUT2D eigenvalue weighted by Gasteiger charge is 2.21. The molecule has 2 aromatic rings. The topological polar surface area (TPSA) is 101 Å². The summed E-state index contributed by atoms with van der Waals surface area (Å²) in [5.74, 6) is 0. The lowest BCUT2D eigenvalue weighted by molar-refractivity contribution is 0.600. The highest BCUT2D eigenvalue weighted by Crippen LogP contribution is 2.24. The number of hydrogen-bond acceptors (Lipinski definition) is 4. The maximum absolute atomic E-state index is 12.7. The molecule has 6 nitrogen and oxygen atoms in total. The molecule has 1 aromatic heterocycles. The van der Waals surface area contributed by atoms with Crippen LogP contribution in [0, 0.1) is 13.8 Å². The maximum atomic E-state index is 12.7. The number of sulfonamides is 1. The Morgan fingerprint density at radius 1 is 1.33 bits per heavy atom. The monoisotopic (exact) mass is 308 g/mol. The molecule has 0 saturated carbocycles. The number of H-pyrrole nitrogens is 1. The van der Waals surface area contributed by atoms with Crippen molar-refractivity contribution in [3.05, 3.63) is 40.7 Å². The summed E-state index contributed by atoms with van der Waals surface area (Å²) in [5.41, 5.74) is 8.95. The number of nitrogens with two attached hydrogens (primary N) is 1. The van der Waals surface area contributed by atoms with Gasteiger partial charge in [0.1, 0.15) is 0 Å². The third kappa shape index (κ3) is 3.08. The summed E-state index contributed by atoms with van der Waals surface area (Å²) in [5, 5.41) is 6.76. The number of aromatic nitrogens is 2. The van der Waals surface area contributed by atoms with Crippen LogP contribution < -0.4 is 10.5 Å². The summed E-state index contributed by atoms with van der Waals surface area (Å²) in [4.78, 5) is 0.271. The second-order valence-corrected chi connectivity index (χ2v) is 6.57. The van der Waals surface area contributed by atoms with Gasteiger partial charge >= 0.3 is 0 Å². The number of anilines is 1. The molecular formula is C14H20N4O2S. The van der Waals surface area contributed by atoms with Gasteiger partial charge in [0.15, 0.2) is 0 Å². The van der Waals surface area contributed by atoms with E-state index in [1.54, 1.807) is 19.9 Å². The standard InChI is InChI=1S/C14H20N4O2S/c1-4-12-6-5-11(8-15)7-13(12)21(19,20)18-14-9(2)16-17-10(14)3/h5-7,18H,4,8,15H2,1-3H3,(H,16,17). The van der Waals surface area contributed by atoms with E-state index in [4.69, 9.17) is 5.73 Å². The van der Waals surface area contributed by atoms with Crippen molar-refractivity contribution in [3.63, 3.8) is 0 Å². The SMILES string of the molecule is CCc1ccc(CN)cc1S(=O)(=O)Nc1c(C)n[nH]c1C. The summed E-state index contributed by atoms with van der Waals surface area (Å²) < 4.78 is 27.9. The molecule has 0 aliphatic rings. The molecule has 0 atom stereocenters. The van der Waals surface area contributed by atoms with Crippen molar-refractivity contribution in [2.45, 2.75) is 38.6 Å². The van der Waals surface area contributed by atoms with Crippen molar-refractivity contribution in [1.29, 1.82) is 0 Å². The van der Waals surface area contributed by atoms with E-state index in [0.717, 1.165) is 11.1 Å². The molecule has 0 spiro atoms. The van der Waals surface area contributed by atoms with E-state index < -0.39 is 10.0 Å². The van der Waals surface area contributed by atoms with Gasteiger partial charge in [-0.3, -0.25) is 9.82 Å². The van der Waals surface area contributed by atoms with Crippen molar-refractivity contribution in [3.8, 4) is 0 Å². The lowest BCUT2D eigenvalue weighted by Gasteiger charge is -2.13. The molecule has 1 heterocycles. The van der Waals surface area contributed by atoms with Crippen LogP contribution in [0.2, 0.25) is 0 Å². The minimum Gasteiger partial charge on any atom is -0.326 e. The highest BCUT2D eigenvalue weighted by atomic mass is 32.2. The van der Waals surface area contributed by atoms with Gasteiger partial charge in [-0.2, -0.15) is 5.10 Å². The predicted octanol–water partition coefficient (Wildman–Crippen LogP) is 1.85. The number of hydrogen-bond donors (Lipinski definition) is 3. The zero-order valence-electron chi connectivity index (χ0n) is 12.4. The first-order valence-corrected chi connectivity index (χ1v) is 8.23. The summed E-state index contributed by atoms with van der Waals surface area (Å²) >= 11 is 0. The van der Waals surface area contributed by atoms with Gasteiger partial charge in [-0.15, -0.1) is 0 Å². The Labute approximate surface area is 124 Å². The molecule has 2 rings (SSSR count). The summed E-state index contributed by atoms with van der Waals surface area (Å²) in [6, 6.07) is 5.30. The lowest BCUT2D eigenvalue weighted by Crippen LogP contribution is -2.16. The molecule has 0 aliphatic carbocycles. The van der Waals surface area contributed by atoms with Crippen LogP contribution in [0.1, 0.15) is 29.4 Å². The summed E-state index contributed by atoms with van der Waals surface area (Å²) in [7, 11) is -3.67. The first-order valence-electron chi connectivity index (χ1n) is 6.75. The molecular weight excluding hydrogens is 288 g/mol. The van der Waals surface area contributed by atoms with Gasteiger partial charge in [0, 0.05) is 6.54 Å². The molecule has 0 radical (unpaired) electrons. The van der Waals surface area contributed by atoms with Crippen LogP contribution >= 0.6 is 0 Å². The van der Waals surface area contributed by atoms with Gasteiger partial charge in [-0.1, -0.05) is 19.1 Å². The van der Waals surface area contributed by atoms with Crippen LogP contribution in [0.3, 0.4) is 0 Å². The van der Waals surface area contributed by atoms with Crippen molar-refractivity contribution in [2.75, 3.05) is 4.72 Å². The van der Waals surface area contributed by atoms with Gasteiger partial charge in [0.25, 0.3) is 10.0 Å². The van der Waals surface area contributed by atoms with Crippen molar-refractivity contribution in [1.82, 2.24) is 10.2 Å². The number of aryl methyl sites for hydroxylation is 3. The Morgan fingerprint density at radius 2 is 2.05 bits per heavy atom. The van der Waals surface area contributed by atoms with E-state index in [1.165, 1.54) is 0 Å². The molecule has 0 aliphatic heterocycles. The van der Waals surface area contributed by atoms with Crippen LogP contribution in [0.25, 0.3) is 0 Å². The molecule has 0 amide bonds.